The van der Waals surface area contributed by atoms with Crippen LogP contribution in [0.2, 0.25) is 0 Å². The molecule has 2 aliphatic rings. The Morgan fingerprint density at radius 3 is 2.76 bits per heavy atom. The Hall–Kier alpha value is -1.73. The number of piperidine rings is 1. The predicted octanol–water partition coefficient (Wildman–Crippen LogP) is 0.671. The molecule has 7 nitrogen and oxygen atoms in total. The van der Waals surface area contributed by atoms with Crippen LogP contribution in [0.15, 0.2) is 12.4 Å². The Morgan fingerprint density at radius 2 is 2.04 bits per heavy atom. The summed E-state index contributed by atoms with van der Waals surface area (Å²) < 4.78 is 0. The molecule has 25 heavy (non-hydrogen) atoms. The summed E-state index contributed by atoms with van der Waals surface area (Å²) in [7, 11) is 1.79. The first-order valence-corrected chi connectivity index (χ1v) is 9.17. The zero-order valence-electron chi connectivity index (χ0n) is 15.3. The topological polar surface area (TPSA) is 72.8 Å². The minimum atomic E-state index is -0.884. The van der Waals surface area contributed by atoms with Crippen LogP contribution in [0.5, 0.6) is 0 Å². The van der Waals surface area contributed by atoms with Crippen molar-refractivity contribution in [3.63, 3.8) is 0 Å². The first-order chi connectivity index (χ1) is 12.0. The maximum atomic E-state index is 12.5. The molecule has 1 atom stereocenters. The van der Waals surface area contributed by atoms with Crippen LogP contribution in [0.25, 0.3) is 0 Å². The van der Waals surface area contributed by atoms with Crippen LogP contribution in [0, 0.1) is 6.92 Å². The second-order valence-electron chi connectivity index (χ2n) is 7.50. The molecule has 0 aromatic carbocycles. The fourth-order valence-corrected chi connectivity index (χ4v) is 3.75. The zero-order valence-corrected chi connectivity index (χ0v) is 15.3. The number of likely N-dealkylation sites (tertiary alicyclic amines) is 1. The van der Waals surface area contributed by atoms with Crippen molar-refractivity contribution in [2.24, 2.45) is 0 Å². The third-order valence-corrected chi connectivity index (χ3v) is 5.21. The normalized spacial score (nSPS) is 24.5. The smallest absolute Gasteiger partial charge is 0.236 e. The van der Waals surface area contributed by atoms with E-state index in [1.54, 1.807) is 18.3 Å². The van der Waals surface area contributed by atoms with E-state index < -0.39 is 5.60 Å². The molecule has 0 bridgehead atoms. The molecule has 2 saturated heterocycles. The maximum absolute atomic E-state index is 12.5. The van der Waals surface area contributed by atoms with Crippen LogP contribution in [0.3, 0.4) is 0 Å². The molecule has 0 unspecified atom stereocenters. The van der Waals surface area contributed by atoms with Crippen molar-refractivity contribution in [3.8, 4) is 0 Å². The number of likely N-dealkylation sites (N-methyl/N-ethyl adjacent to an activating group) is 1. The van der Waals surface area contributed by atoms with Gasteiger partial charge in [0.1, 0.15) is 17.7 Å². The van der Waals surface area contributed by atoms with Crippen LogP contribution >= 0.6 is 0 Å². The summed E-state index contributed by atoms with van der Waals surface area (Å²) in [5.74, 6) is 0.928. The van der Waals surface area contributed by atoms with Gasteiger partial charge in [-0.2, -0.15) is 0 Å². The lowest BCUT2D eigenvalue weighted by atomic mass is 10.0. The Balaban J connectivity index is 1.53. The molecule has 1 N–H and O–H groups in total. The Kier molecular flexibility index (Phi) is 5.54. The minimum absolute atomic E-state index is 0.0895. The SMILES string of the molecule is Cc1cc(N2CC[C@@](O)(CN(C)C(=O)CN3CCCCC3)C2)ncn1. The lowest BCUT2D eigenvalue weighted by Crippen LogP contribution is -2.48. The Labute approximate surface area is 149 Å². The highest BCUT2D eigenvalue weighted by Gasteiger charge is 2.38. The molecule has 1 aromatic rings. The zero-order chi connectivity index (χ0) is 17.9. The number of carbonyl (C=O) groups is 1. The van der Waals surface area contributed by atoms with Gasteiger partial charge in [0.2, 0.25) is 5.91 Å². The summed E-state index contributed by atoms with van der Waals surface area (Å²) in [5.41, 5.74) is 0.0276. The number of aryl methyl sites for hydroxylation is 1. The fourth-order valence-electron chi connectivity index (χ4n) is 3.75. The average Bonchev–Trinajstić information content (AvgIpc) is 2.97. The van der Waals surface area contributed by atoms with Crippen LogP contribution in [0.4, 0.5) is 5.82 Å². The fraction of sp³-hybridized carbons (Fsp3) is 0.722. The summed E-state index contributed by atoms with van der Waals surface area (Å²) >= 11 is 0. The molecular formula is C18H29N5O2. The lowest BCUT2D eigenvalue weighted by molar-refractivity contribution is -0.134. The summed E-state index contributed by atoms with van der Waals surface area (Å²) in [5, 5.41) is 10.9. The molecule has 0 aliphatic carbocycles. The molecule has 0 spiro atoms. The summed E-state index contributed by atoms with van der Waals surface area (Å²) in [4.78, 5) is 26.9. The first kappa shape index (κ1) is 18.1. The third-order valence-electron chi connectivity index (χ3n) is 5.21. The number of nitrogens with zero attached hydrogens (tertiary/aromatic N) is 5. The van der Waals surface area contributed by atoms with E-state index in [0.29, 0.717) is 26.1 Å². The van der Waals surface area contributed by atoms with Gasteiger partial charge in [0, 0.05) is 31.9 Å². The van der Waals surface area contributed by atoms with Gasteiger partial charge in [0.15, 0.2) is 0 Å². The van der Waals surface area contributed by atoms with Crippen molar-refractivity contribution in [2.45, 2.75) is 38.2 Å². The molecule has 7 heteroatoms. The van der Waals surface area contributed by atoms with E-state index >= 15 is 0 Å². The van der Waals surface area contributed by atoms with Gasteiger partial charge in [-0.3, -0.25) is 9.69 Å². The first-order valence-electron chi connectivity index (χ1n) is 9.17. The van der Waals surface area contributed by atoms with E-state index in [1.165, 1.54) is 19.3 Å². The van der Waals surface area contributed by atoms with Crippen molar-refractivity contribution < 1.29 is 9.90 Å². The van der Waals surface area contributed by atoms with Crippen molar-refractivity contribution >= 4 is 11.7 Å². The van der Waals surface area contributed by atoms with E-state index in [4.69, 9.17) is 0 Å². The second-order valence-corrected chi connectivity index (χ2v) is 7.50. The number of β-amino-alcohol motifs (C(OH)–C–C–N with tert-alkyl or cyclic N) is 1. The number of hydrogen-bond acceptors (Lipinski definition) is 6. The molecule has 2 aliphatic heterocycles. The van der Waals surface area contributed by atoms with E-state index in [-0.39, 0.29) is 5.91 Å². The highest BCUT2D eigenvalue weighted by molar-refractivity contribution is 5.78. The van der Waals surface area contributed by atoms with Gasteiger partial charge in [-0.05, 0) is 39.3 Å². The summed E-state index contributed by atoms with van der Waals surface area (Å²) in [6, 6.07) is 1.93. The second kappa shape index (κ2) is 7.66. The molecular weight excluding hydrogens is 318 g/mol. The van der Waals surface area contributed by atoms with Gasteiger partial charge in [-0.15, -0.1) is 0 Å². The van der Waals surface area contributed by atoms with Gasteiger partial charge in [0.25, 0.3) is 0 Å². The van der Waals surface area contributed by atoms with Gasteiger partial charge in [-0.25, -0.2) is 9.97 Å². The van der Waals surface area contributed by atoms with Crippen molar-refractivity contribution in [1.82, 2.24) is 19.8 Å². The molecule has 1 amide bonds. The highest BCUT2D eigenvalue weighted by Crippen LogP contribution is 2.26. The summed E-state index contributed by atoms with van der Waals surface area (Å²) in [6.45, 7) is 5.99. The maximum Gasteiger partial charge on any atom is 0.236 e. The average molecular weight is 347 g/mol. The van der Waals surface area contributed by atoms with Gasteiger partial charge in [-0.1, -0.05) is 6.42 Å². The molecule has 0 saturated carbocycles. The molecule has 3 rings (SSSR count). The molecule has 3 heterocycles. The predicted molar refractivity (Wildman–Crippen MR) is 96.5 cm³/mol. The number of aliphatic hydroxyl groups is 1. The molecule has 1 aromatic heterocycles. The Bertz CT molecular complexity index is 605. The van der Waals surface area contributed by atoms with Gasteiger partial charge in [0.05, 0.1) is 13.1 Å². The Morgan fingerprint density at radius 1 is 1.28 bits per heavy atom. The lowest BCUT2D eigenvalue weighted by Gasteiger charge is -2.32. The third kappa shape index (κ3) is 4.67. The quantitative estimate of drug-likeness (QED) is 0.844. The van der Waals surface area contributed by atoms with Crippen LogP contribution < -0.4 is 4.90 Å². The monoisotopic (exact) mass is 347 g/mol. The summed E-state index contributed by atoms with van der Waals surface area (Å²) in [6.07, 6.45) is 5.80. The molecule has 2 fully saturated rings. The number of carbonyl (C=O) groups excluding carboxylic acids is 1. The van der Waals surface area contributed by atoms with Crippen LogP contribution in [0.1, 0.15) is 31.4 Å². The molecule has 138 valence electrons. The van der Waals surface area contributed by atoms with Crippen LogP contribution in [-0.2, 0) is 4.79 Å². The van der Waals surface area contributed by atoms with Gasteiger partial charge < -0.3 is 14.9 Å². The highest BCUT2D eigenvalue weighted by atomic mass is 16.3. The minimum Gasteiger partial charge on any atom is -0.386 e. The van der Waals surface area contributed by atoms with Crippen molar-refractivity contribution in [1.29, 1.82) is 0 Å². The standard InChI is InChI=1S/C18H29N5O2/c1-15-10-16(20-14-19-15)23-9-6-18(25,13-23)12-21(2)17(24)11-22-7-4-3-5-8-22/h10,14,25H,3-9,11-13H2,1-2H3/t18-/m1/s1. The van der Waals surface area contributed by atoms with Crippen LogP contribution in [-0.4, -0.2) is 82.7 Å². The molecule has 0 radical (unpaired) electrons. The van der Waals surface area contributed by atoms with Crippen molar-refractivity contribution in [2.75, 3.05) is 51.2 Å². The number of amides is 1. The number of hydrogen-bond donors (Lipinski definition) is 1. The van der Waals surface area contributed by atoms with Crippen molar-refractivity contribution in [3.05, 3.63) is 18.1 Å². The van der Waals surface area contributed by atoms with E-state index in [1.807, 2.05) is 13.0 Å². The number of rotatable bonds is 5. The van der Waals surface area contributed by atoms with Gasteiger partial charge >= 0.3 is 0 Å². The largest absolute Gasteiger partial charge is 0.386 e. The number of anilines is 1. The van der Waals surface area contributed by atoms with E-state index in [9.17, 15) is 9.90 Å². The van der Waals surface area contributed by atoms with E-state index in [2.05, 4.69) is 19.8 Å². The number of aromatic nitrogens is 2. The van der Waals surface area contributed by atoms with E-state index in [0.717, 1.165) is 31.1 Å².